The summed E-state index contributed by atoms with van der Waals surface area (Å²) in [5.41, 5.74) is 1.20. The minimum Gasteiger partial charge on any atom is -0.493 e. The molecule has 0 bridgehead atoms. The lowest BCUT2D eigenvalue weighted by atomic mass is 10.1. The van der Waals surface area contributed by atoms with Crippen LogP contribution in [0.15, 0.2) is 18.2 Å². The van der Waals surface area contributed by atoms with E-state index in [0.29, 0.717) is 29.0 Å². The zero-order chi connectivity index (χ0) is 12.7. The first kappa shape index (κ1) is 12.8. The molecule has 0 aliphatic carbocycles. The van der Waals surface area contributed by atoms with Gasteiger partial charge in [0.05, 0.1) is 26.7 Å². The Labute approximate surface area is 100 Å². The van der Waals surface area contributed by atoms with Crippen molar-refractivity contribution < 1.29 is 14.3 Å². The molecule has 1 aromatic rings. The average molecular weight is 231 g/mol. The first-order valence-electron chi connectivity index (χ1n) is 5.01. The molecule has 1 rings (SSSR count). The first-order valence-corrected chi connectivity index (χ1v) is 5.01. The molecular weight excluding hydrogens is 218 g/mol. The van der Waals surface area contributed by atoms with Gasteiger partial charge in [0.1, 0.15) is 0 Å². The average Bonchev–Trinajstić information content (AvgIpc) is 2.38. The SMILES string of the molecule is COc1cc(C=O)c(C=CCC#N)cc1OC. The van der Waals surface area contributed by atoms with E-state index in [2.05, 4.69) is 0 Å². The molecule has 1 aromatic carbocycles. The predicted molar refractivity (Wildman–Crippen MR) is 64.2 cm³/mol. The normalized spacial score (nSPS) is 9.94. The summed E-state index contributed by atoms with van der Waals surface area (Å²) in [6.45, 7) is 0. The zero-order valence-corrected chi connectivity index (χ0v) is 9.77. The molecule has 0 amide bonds. The number of hydrogen-bond donors (Lipinski definition) is 0. The Hall–Kier alpha value is -2.28. The van der Waals surface area contributed by atoms with E-state index < -0.39 is 0 Å². The third-order valence-corrected chi connectivity index (χ3v) is 2.22. The quantitative estimate of drug-likeness (QED) is 0.730. The van der Waals surface area contributed by atoms with Gasteiger partial charge in [-0.25, -0.2) is 0 Å². The Kier molecular flexibility index (Phi) is 4.77. The molecule has 0 N–H and O–H groups in total. The Morgan fingerprint density at radius 3 is 2.29 bits per heavy atom. The van der Waals surface area contributed by atoms with Crippen LogP contribution < -0.4 is 9.47 Å². The molecule has 0 atom stereocenters. The van der Waals surface area contributed by atoms with Crippen LogP contribution in [0.4, 0.5) is 0 Å². The van der Waals surface area contributed by atoms with E-state index in [9.17, 15) is 4.79 Å². The maximum atomic E-state index is 10.9. The highest BCUT2D eigenvalue weighted by molar-refractivity contribution is 5.83. The molecule has 0 fully saturated rings. The zero-order valence-electron chi connectivity index (χ0n) is 9.77. The van der Waals surface area contributed by atoms with Crippen molar-refractivity contribution in [2.45, 2.75) is 6.42 Å². The van der Waals surface area contributed by atoms with Crippen molar-refractivity contribution in [2.75, 3.05) is 14.2 Å². The fourth-order valence-electron chi connectivity index (χ4n) is 1.40. The van der Waals surface area contributed by atoms with E-state index in [1.165, 1.54) is 14.2 Å². The fraction of sp³-hybridized carbons (Fsp3) is 0.231. The standard InChI is InChI=1S/C13H13NO3/c1-16-12-7-10(5-3-4-6-14)11(9-15)8-13(12)17-2/h3,5,7-9H,4H2,1-2H3. The van der Waals surface area contributed by atoms with Gasteiger partial charge < -0.3 is 9.47 Å². The molecule has 0 unspecified atom stereocenters. The number of benzene rings is 1. The monoisotopic (exact) mass is 231 g/mol. The number of carbonyl (C=O) groups is 1. The Morgan fingerprint density at radius 2 is 1.82 bits per heavy atom. The van der Waals surface area contributed by atoms with E-state index in [4.69, 9.17) is 14.7 Å². The van der Waals surface area contributed by atoms with Crippen molar-refractivity contribution in [1.82, 2.24) is 0 Å². The van der Waals surface area contributed by atoms with Crippen LogP contribution in [0.25, 0.3) is 6.08 Å². The van der Waals surface area contributed by atoms with Gasteiger partial charge in [0.15, 0.2) is 17.8 Å². The Morgan fingerprint density at radius 1 is 1.24 bits per heavy atom. The van der Waals surface area contributed by atoms with Crippen molar-refractivity contribution in [1.29, 1.82) is 5.26 Å². The molecule has 0 saturated heterocycles. The largest absolute Gasteiger partial charge is 0.493 e. The van der Waals surface area contributed by atoms with Crippen LogP contribution in [0.5, 0.6) is 11.5 Å². The molecule has 0 aliphatic heterocycles. The molecule has 0 saturated carbocycles. The van der Waals surface area contributed by atoms with Gasteiger partial charge in [-0.1, -0.05) is 12.2 Å². The van der Waals surface area contributed by atoms with Crippen LogP contribution in [0.1, 0.15) is 22.3 Å². The minimum atomic E-state index is 0.298. The van der Waals surface area contributed by atoms with Crippen molar-refractivity contribution in [3.05, 3.63) is 29.3 Å². The van der Waals surface area contributed by atoms with Gasteiger partial charge >= 0.3 is 0 Å². The van der Waals surface area contributed by atoms with Gasteiger partial charge in [0, 0.05) is 5.56 Å². The van der Waals surface area contributed by atoms with Gasteiger partial charge in [-0.3, -0.25) is 4.79 Å². The topological polar surface area (TPSA) is 59.3 Å². The van der Waals surface area contributed by atoms with E-state index >= 15 is 0 Å². The van der Waals surface area contributed by atoms with E-state index in [0.717, 1.165) is 6.29 Å². The van der Waals surface area contributed by atoms with Crippen LogP contribution in [-0.4, -0.2) is 20.5 Å². The van der Waals surface area contributed by atoms with Crippen LogP contribution in [0.3, 0.4) is 0 Å². The van der Waals surface area contributed by atoms with Gasteiger partial charge in [0.25, 0.3) is 0 Å². The number of nitriles is 1. The highest BCUT2D eigenvalue weighted by Gasteiger charge is 2.08. The van der Waals surface area contributed by atoms with E-state index in [1.54, 1.807) is 24.3 Å². The molecule has 17 heavy (non-hydrogen) atoms. The molecule has 0 heterocycles. The second-order valence-electron chi connectivity index (χ2n) is 3.22. The third kappa shape index (κ3) is 3.08. The maximum absolute atomic E-state index is 10.9. The molecule has 4 heteroatoms. The first-order chi connectivity index (χ1) is 8.26. The smallest absolute Gasteiger partial charge is 0.161 e. The molecule has 0 aromatic heterocycles. The lowest BCUT2D eigenvalue weighted by molar-refractivity contribution is 0.112. The number of ether oxygens (including phenoxy) is 2. The Balaban J connectivity index is 3.19. The summed E-state index contributed by atoms with van der Waals surface area (Å²) in [5.74, 6) is 1.06. The maximum Gasteiger partial charge on any atom is 0.161 e. The second kappa shape index (κ2) is 6.33. The summed E-state index contributed by atoms with van der Waals surface area (Å²) in [7, 11) is 3.04. The molecule has 0 radical (unpaired) electrons. The van der Waals surface area contributed by atoms with E-state index in [-0.39, 0.29) is 0 Å². The molecular formula is C13H13NO3. The Bertz CT molecular complexity index is 472. The predicted octanol–water partition coefficient (Wildman–Crippen LogP) is 2.44. The van der Waals surface area contributed by atoms with Crippen molar-refractivity contribution in [3.63, 3.8) is 0 Å². The number of rotatable bonds is 5. The van der Waals surface area contributed by atoms with Gasteiger partial charge in [-0.2, -0.15) is 5.26 Å². The van der Waals surface area contributed by atoms with Gasteiger partial charge in [0.2, 0.25) is 0 Å². The molecule has 4 nitrogen and oxygen atoms in total. The third-order valence-electron chi connectivity index (χ3n) is 2.22. The van der Waals surface area contributed by atoms with Crippen molar-refractivity contribution in [2.24, 2.45) is 0 Å². The molecule has 0 spiro atoms. The highest BCUT2D eigenvalue weighted by atomic mass is 16.5. The summed E-state index contributed by atoms with van der Waals surface area (Å²) in [6.07, 6.45) is 4.45. The van der Waals surface area contributed by atoms with Gasteiger partial charge in [-0.15, -0.1) is 0 Å². The number of aldehydes is 1. The lowest BCUT2D eigenvalue weighted by Gasteiger charge is -2.09. The lowest BCUT2D eigenvalue weighted by Crippen LogP contribution is -1.95. The van der Waals surface area contributed by atoms with Crippen LogP contribution in [-0.2, 0) is 0 Å². The van der Waals surface area contributed by atoms with Crippen LogP contribution >= 0.6 is 0 Å². The number of allylic oxidation sites excluding steroid dienone is 1. The van der Waals surface area contributed by atoms with Crippen LogP contribution in [0.2, 0.25) is 0 Å². The summed E-state index contributed by atoms with van der Waals surface area (Å²) >= 11 is 0. The summed E-state index contributed by atoms with van der Waals surface area (Å²) < 4.78 is 10.2. The number of carbonyl (C=O) groups excluding carboxylic acids is 1. The highest BCUT2D eigenvalue weighted by Crippen LogP contribution is 2.30. The number of hydrogen-bond acceptors (Lipinski definition) is 4. The fourth-order valence-corrected chi connectivity index (χ4v) is 1.40. The summed E-state index contributed by atoms with van der Waals surface area (Å²) in [4.78, 5) is 10.9. The van der Waals surface area contributed by atoms with Crippen molar-refractivity contribution in [3.8, 4) is 17.6 Å². The minimum absolute atomic E-state index is 0.298. The summed E-state index contributed by atoms with van der Waals surface area (Å²) in [6, 6.07) is 5.31. The van der Waals surface area contributed by atoms with Crippen molar-refractivity contribution >= 4 is 12.4 Å². The van der Waals surface area contributed by atoms with E-state index in [1.807, 2.05) is 6.07 Å². The number of methoxy groups -OCH3 is 2. The van der Waals surface area contributed by atoms with Gasteiger partial charge in [-0.05, 0) is 17.7 Å². The number of nitrogens with zero attached hydrogens (tertiary/aromatic N) is 1. The molecule has 0 aliphatic rings. The second-order valence-corrected chi connectivity index (χ2v) is 3.22. The summed E-state index contributed by atoms with van der Waals surface area (Å²) in [5, 5.41) is 8.44. The molecule has 88 valence electrons. The van der Waals surface area contributed by atoms with Crippen LogP contribution in [0, 0.1) is 11.3 Å².